The van der Waals surface area contributed by atoms with Gasteiger partial charge in [-0.2, -0.15) is 0 Å². The number of hydrogen-bond acceptors (Lipinski definition) is 3. The van der Waals surface area contributed by atoms with Crippen molar-refractivity contribution in [2.75, 3.05) is 4.90 Å². The van der Waals surface area contributed by atoms with Gasteiger partial charge in [-0.15, -0.1) is 0 Å². The lowest BCUT2D eigenvalue weighted by Gasteiger charge is -2.49. The van der Waals surface area contributed by atoms with Gasteiger partial charge in [-0.1, -0.05) is 54.1 Å². The van der Waals surface area contributed by atoms with Gasteiger partial charge in [0.1, 0.15) is 5.41 Å². The summed E-state index contributed by atoms with van der Waals surface area (Å²) in [4.78, 5) is 39.7. The van der Waals surface area contributed by atoms with E-state index in [1.54, 1.807) is 49.4 Å². The van der Waals surface area contributed by atoms with Crippen LogP contribution in [0.5, 0.6) is 0 Å². The fraction of sp³-hybridized carbons (Fsp3) is 0.227. The van der Waals surface area contributed by atoms with E-state index in [1.807, 2.05) is 6.07 Å². The first-order valence-electron chi connectivity index (χ1n) is 9.27. The molecule has 2 aliphatic heterocycles. The molecule has 6 nitrogen and oxygen atoms in total. The fourth-order valence-electron chi connectivity index (χ4n) is 4.84. The van der Waals surface area contributed by atoms with Crippen molar-refractivity contribution in [3.8, 4) is 0 Å². The molecule has 0 aromatic heterocycles. The molecule has 154 valence electrons. The molecular formula is C22H18BrClN2O4. The highest BCUT2D eigenvalue weighted by atomic mass is 79.9. The minimum atomic E-state index is -1.37. The number of anilines is 1. The SMILES string of the molecule is C=C(C)C1N(Br)C(=O)CC(c2cccc(Cl)c2)C12C(=O)N(C(=O)O)c1ccccc12. The molecule has 0 saturated carbocycles. The van der Waals surface area contributed by atoms with E-state index in [0.29, 0.717) is 27.4 Å². The van der Waals surface area contributed by atoms with Crippen molar-refractivity contribution >= 4 is 51.3 Å². The van der Waals surface area contributed by atoms with Crippen LogP contribution in [0.2, 0.25) is 5.02 Å². The number of carbonyl (C=O) groups excluding carboxylic acids is 2. The quantitative estimate of drug-likeness (QED) is 0.482. The van der Waals surface area contributed by atoms with Crippen LogP contribution in [0.4, 0.5) is 10.5 Å². The van der Waals surface area contributed by atoms with Crippen LogP contribution < -0.4 is 4.90 Å². The Kier molecular flexibility index (Phi) is 4.98. The Morgan fingerprint density at radius 1 is 1.23 bits per heavy atom. The summed E-state index contributed by atoms with van der Waals surface area (Å²) >= 11 is 9.56. The van der Waals surface area contributed by atoms with Gasteiger partial charge >= 0.3 is 6.09 Å². The average Bonchev–Trinajstić information content (AvgIpc) is 2.94. The molecule has 1 fully saturated rings. The van der Waals surface area contributed by atoms with Crippen LogP contribution in [0.15, 0.2) is 60.7 Å². The Balaban J connectivity index is 2.09. The molecule has 0 radical (unpaired) electrons. The second-order valence-electron chi connectivity index (χ2n) is 7.57. The van der Waals surface area contributed by atoms with Crippen LogP contribution in [0.1, 0.15) is 30.4 Å². The lowest BCUT2D eigenvalue weighted by Crippen LogP contribution is -2.62. The summed E-state index contributed by atoms with van der Waals surface area (Å²) in [6.45, 7) is 5.77. The lowest BCUT2D eigenvalue weighted by atomic mass is 9.59. The van der Waals surface area contributed by atoms with Gasteiger partial charge in [-0.3, -0.25) is 13.5 Å². The standard InChI is InChI=1S/C22H18BrClN2O4/c1-12(2)19-22(15-8-3-4-9-17(15)25(20(22)28)21(29)30)16(11-18(27)26(19)23)13-6-5-7-14(24)10-13/h3-10,16,19H,1,11H2,2H3,(H,29,30). The van der Waals surface area contributed by atoms with Crippen molar-refractivity contribution in [1.29, 1.82) is 0 Å². The van der Waals surface area contributed by atoms with Crippen LogP contribution in [0.3, 0.4) is 0 Å². The van der Waals surface area contributed by atoms with Crippen LogP contribution in [-0.2, 0) is 15.0 Å². The largest absolute Gasteiger partial charge is 0.464 e. The number of imide groups is 1. The Morgan fingerprint density at radius 2 is 1.93 bits per heavy atom. The maximum absolute atomic E-state index is 13.9. The normalized spacial score (nSPS) is 25.6. The highest BCUT2D eigenvalue weighted by Crippen LogP contribution is 2.58. The zero-order valence-electron chi connectivity index (χ0n) is 16.0. The smallest absolute Gasteiger partial charge is 0.418 e. The van der Waals surface area contributed by atoms with E-state index < -0.39 is 29.4 Å². The zero-order chi connectivity index (χ0) is 21.8. The van der Waals surface area contributed by atoms with Gasteiger partial charge in [0.15, 0.2) is 0 Å². The number of piperidine rings is 1. The van der Waals surface area contributed by atoms with Gasteiger partial charge < -0.3 is 5.11 Å². The third-order valence-corrected chi connectivity index (χ3v) is 6.92. The minimum Gasteiger partial charge on any atom is -0.464 e. The first-order valence-corrected chi connectivity index (χ1v) is 10.4. The first-order chi connectivity index (χ1) is 14.2. The van der Waals surface area contributed by atoms with Crippen molar-refractivity contribution in [2.45, 2.75) is 30.7 Å². The summed E-state index contributed by atoms with van der Waals surface area (Å²) in [5.41, 5.74) is 0.722. The van der Waals surface area contributed by atoms with Crippen molar-refractivity contribution < 1.29 is 19.5 Å². The van der Waals surface area contributed by atoms with E-state index in [-0.39, 0.29) is 12.3 Å². The van der Waals surface area contributed by atoms with Crippen LogP contribution >= 0.6 is 27.7 Å². The molecule has 3 amide bonds. The van der Waals surface area contributed by atoms with Gasteiger partial charge in [0.2, 0.25) is 11.8 Å². The van der Waals surface area contributed by atoms with E-state index in [9.17, 15) is 19.5 Å². The molecule has 1 saturated heterocycles. The molecule has 0 bridgehead atoms. The monoisotopic (exact) mass is 488 g/mol. The number of carboxylic acid groups (broad SMARTS) is 1. The predicted octanol–water partition coefficient (Wildman–Crippen LogP) is 4.87. The molecule has 8 heteroatoms. The van der Waals surface area contributed by atoms with Crippen LogP contribution in [0.25, 0.3) is 0 Å². The Bertz CT molecular complexity index is 1100. The average molecular weight is 490 g/mol. The Labute approximate surface area is 187 Å². The third-order valence-electron chi connectivity index (χ3n) is 5.88. The van der Waals surface area contributed by atoms with Gasteiger partial charge in [-0.05, 0) is 36.2 Å². The molecule has 2 aliphatic rings. The van der Waals surface area contributed by atoms with E-state index in [4.69, 9.17) is 11.6 Å². The predicted molar refractivity (Wildman–Crippen MR) is 117 cm³/mol. The summed E-state index contributed by atoms with van der Waals surface area (Å²) in [6, 6.07) is 13.0. The summed E-state index contributed by atoms with van der Waals surface area (Å²) in [5.74, 6) is -1.46. The number of nitrogens with zero attached hydrogens (tertiary/aromatic N) is 2. The highest BCUT2D eigenvalue weighted by molar-refractivity contribution is 9.07. The molecule has 3 atom stereocenters. The molecule has 4 rings (SSSR count). The summed E-state index contributed by atoms with van der Waals surface area (Å²) in [5, 5.41) is 10.3. The number of carbonyl (C=O) groups is 3. The van der Waals surface area contributed by atoms with Crippen molar-refractivity contribution in [3.05, 3.63) is 76.8 Å². The second kappa shape index (κ2) is 7.25. The molecule has 1 spiro atoms. The number of rotatable bonds is 2. The van der Waals surface area contributed by atoms with E-state index in [1.165, 1.54) is 3.93 Å². The summed E-state index contributed by atoms with van der Waals surface area (Å²) < 4.78 is 1.33. The topological polar surface area (TPSA) is 77.9 Å². The molecule has 2 heterocycles. The van der Waals surface area contributed by atoms with E-state index in [2.05, 4.69) is 22.7 Å². The number of halogens is 2. The first kappa shape index (κ1) is 20.6. The maximum Gasteiger partial charge on any atom is 0.418 e. The zero-order valence-corrected chi connectivity index (χ0v) is 18.4. The van der Waals surface area contributed by atoms with Crippen LogP contribution in [0, 0.1) is 0 Å². The molecule has 30 heavy (non-hydrogen) atoms. The van der Waals surface area contributed by atoms with Crippen molar-refractivity contribution in [2.24, 2.45) is 0 Å². The van der Waals surface area contributed by atoms with Gasteiger partial charge in [0.25, 0.3) is 0 Å². The van der Waals surface area contributed by atoms with Crippen molar-refractivity contribution in [1.82, 2.24) is 3.93 Å². The molecule has 1 N–H and O–H groups in total. The third kappa shape index (κ3) is 2.72. The number of para-hydroxylation sites is 1. The van der Waals surface area contributed by atoms with Crippen molar-refractivity contribution in [3.63, 3.8) is 0 Å². The Morgan fingerprint density at radius 3 is 2.57 bits per heavy atom. The number of fused-ring (bicyclic) bond motifs is 2. The van der Waals surface area contributed by atoms with Gasteiger partial charge in [0.05, 0.1) is 27.9 Å². The maximum atomic E-state index is 13.9. The molecule has 2 aromatic carbocycles. The fourth-order valence-corrected chi connectivity index (χ4v) is 5.86. The minimum absolute atomic E-state index is 0.00288. The molecule has 3 unspecified atom stereocenters. The van der Waals surface area contributed by atoms with Gasteiger partial charge in [-0.25, -0.2) is 9.69 Å². The van der Waals surface area contributed by atoms with Crippen LogP contribution in [-0.4, -0.2) is 33.0 Å². The molecule has 0 aliphatic carbocycles. The number of hydrogen-bond donors (Lipinski definition) is 1. The van der Waals surface area contributed by atoms with Gasteiger partial charge in [0, 0.05) is 17.4 Å². The summed E-state index contributed by atoms with van der Waals surface area (Å²) in [6.07, 6.45) is -1.37. The Hall–Kier alpha value is -2.64. The number of benzene rings is 2. The molecular weight excluding hydrogens is 472 g/mol. The molecule has 2 aromatic rings. The number of amides is 3. The second-order valence-corrected chi connectivity index (χ2v) is 8.78. The van der Waals surface area contributed by atoms with E-state index >= 15 is 0 Å². The highest BCUT2D eigenvalue weighted by Gasteiger charge is 2.66. The lowest BCUT2D eigenvalue weighted by molar-refractivity contribution is -0.136. The summed E-state index contributed by atoms with van der Waals surface area (Å²) in [7, 11) is 0. The van der Waals surface area contributed by atoms with E-state index in [0.717, 1.165) is 4.90 Å².